The van der Waals surface area contributed by atoms with Gasteiger partial charge in [0, 0.05) is 22.2 Å². The van der Waals surface area contributed by atoms with Gasteiger partial charge < -0.3 is 28.7 Å². The summed E-state index contributed by atoms with van der Waals surface area (Å²) in [7, 11) is 3.13. The van der Waals surface area contributed by atoms with Crippen molar-refractivity contribution in [2.24, 2.45) is 0 Å². The lowest BCUT2D eigenvalue weighted by atomic mass is 10.0. The Morgan fingerprint density at radius 2 is 1.69 bits per heavy atom. The van der Waals surface area contributed by atoms with E-state index in [4.69, 9.17) is 23.4 Å². The highest BCUT2D eigenvalue weighted by atomic mass is 16.7. The number of ether oxygens (including phenoxy) is 4. The van der Waals surface area contributed by atoms with Crippen molar-refractivity contribution in [3.05, 3.63) is 95.3 Å². The zero-order valence-electron chi connectivity index (χ0n) is 20.1. The maximum Gasteiger partial charge on any atom is 0.256 e. The number of fused-ring (bicyclic) bond motifs is 1. The van der Waals surface area contributed by atoms with Gasteiger partial charge in [0.15, 0.2) is 17.1 Å². The molecular formula is C29H26N2O5. The third-order valence-corrected chi connectivity index (χ3v) is 6.09. The van der Waals surface area contributed by atoms with E-state index in [9.17, 15) is 5.26 Å². The predicted octanol–water partition coefficient (Wildman–Crippen LogP) is 5.72. The van der Waals surface area contributed by atoms with E-state index in [0.717, 1.165) is 22.2 Å². The second-order valence-corrected chi connectivity index (χ2v) is 8.24. The van der Waals surface area contributed by atoms with E-state index in [1.165, 1.54) is 0 Å². The number of anilines is 1. The molecule has 0 unspecified atom stereocenters. The number of furan rings is 1. The topological polar surface area (TPSA) is 85.9 Å². The van der Waals surface area contributed by atoms with Crippen LogP contribution in [0.15, 0.2) is 82.8 Å². The first-order chi connectivity index (χ1) is 17.7. The number of benzene rings is 3. The summed E-state index contributed by atoms with van der Waals surface area (Å²) in [4.78, 5) is 0. The van der Waals surface area contributed by atoms with Crippen LogP contribution in [0.1, 0.15) is 16.9 Å². The smallest absolute Gasteiger partial charge is 0.256 e. The molecule has 3 aromatic carbocycles. The molecule has 1 aliphatic rings. The summed E-state index contributed by atoms with van der Waals surface area (Å²) in [6.45, 7) is 1.23. The quantitative estimate of drug-likeness (QED) is 0.322. The fourth-order valence-electron chi connectivity index (χ4n) is 4.38. The first kappa shape index (κ1) is 23.5. The first-order valence-corrected chi connectivity index (χ1v) is 11.6. The minimum atomic E-state index is -1.17. The highest BCUT2D eigenvalue weighted by molar-refractivity contribution is 5.95. The molecule has 0 aliphatic carbocycles. The summed E-state index contributed by atoms with van der Waals surface area (Å²) < 4.78 is 29.9. The molecule has 1 N–H and O–H groups in total. The molecule has 1 aliphatic heterocycles. The molecule has 1 aromatic heterocycles. The summed E-state index contributed by atoms with van der Waals surface area (Å²) in [5, 5.41) is 13.9. The van der Waals surface area contributed by atoms with E-state index in [0.29, 0.717) is 48.2 Å². The van der Waals surface area contributed by atoms with Gasteiger partial charge in [-0.2, -0.15) is 5.26 Å². The van der Waals surface area contributed by atoms with Gasteiger partial charge in [0.1, 0.15) is 0 Å². The second-order valence-electron chi connectivity index (χ2n) is 8.24. The standard InChI is InChI=1S/C29H26N2O5/c1-32-25-16-21(15-20(18-30)19-31-23-11-7-4-8-12-23)24-17-26(36-27(24)28(25)33-2)29(34-13-14-35-29)22-9-5-3-6-10-22/h3-12,15-17,31H,13-14,19H2,1-2H3/b20-15-. The number of hydrogen-bond donors (Lipinski definition) is 1. The minimum absolute atomic E-state index is 0.362. The Labute approximate surface area is 209 Å². The van der Waals surface area contributed by atoms with E-state index in [-0.39, 0.29) is 0 Å². The van der Waals surface area contributed by atoms with Crippen molar-refractivity contribution in [1.82, 2.24) is 0 Å². The summed E-state index contributed by atoms with van der Waals surface area (Å²) in [5.41, 5.74) is 3.55. The van der Waals surface area contributed by atoms with Gasteiger partial charge >= 0.3 is 0 Å². The normalized spacial score (nSPS) is 15.0. The number of para-hydroxylation sites is 1. The molecule has 0 amide bonds. The van der Waals surface area contributed by atoms with Crippen molar-refractivity contribution in [2.45, 2.75) is 5.79 Å². The van der Waals surface area contributed by atoms with Crippen LogP contribution in [-0.4, -0.2) is 34.0 Å². The van der Waals surface area contributed by atoms with Crippen molar-refractivity contribution in [1.29, 1.82) is 5.26 Å². The third-order valence-electron chi connectivity index (χ3n) is 6.09. The van der Waals surface area contributed by atoms with Gasteiger partial charge in [0.25, 0.3) is 5.79 Å². The lowest BCUT2D eigenvalue weighted by molar-refractivity contribution is -0.142. The van der Waals surface area contributed by atoms with Crippen LogP contribution in [0.5, 0.6) is 11.5 Å². The van der Waals surface area contributed by atoms with Crippen LogP contribution in [0.3, 0.4) is 0 Å². The average molecular weight is 483 g/mol. The monoisotopic (exact) mass is 482 g/mol. The molecule has 1 saturated heterocycles. The van der Waals surface area contributed by atoms with Gasteiger partial charge in [-0.15, -0.1) is 0 Å². The molecule has 0 atom stereocenters. The van der Waals surface area contributed by atoms with E-state index in [1.807, 2.05) is 78.9 Å². The molecule has 0 spiro atoms. The Bertz CT molecular complexity index is 1420. The molecule has 5 rings (SSSR count). The van der Waals surface area contributed by atoms with Crippen LogP contribution >= 0.6 is 0 Å². The molecule has 1 fully saturated rings. The molecule has 4 aromatic rings. The van der Waals surface area contributed by atoms with Gasteiger partial charge in [-0.3, -0.25) is 0 Å². The van der Waals surface area contributed by atoms with Crippen molar-refractivity contribution in [3.8, 4) is 17.6 Å². The summed E-state index contributed by atoms with van der Waals surface area (Å²) in [5.74, 6) is 0.265. The van der Waals surface area contributed by atoms with Crippen molar-refractivity contribution >= 4 is 22.7 Å². The van der Waals surface area contributed by atoms with Crippen LogP contribution in [-0.2, 0) is 15.3 Å². The number of hydrogen-bond acceptors (Lipinski definition) is 7. The van der Waals surface area contributed by atoms with E-state index in [2.05, 4.69) is 11.4 Å². The van der Waals surface area contributed by atoms with Crippen LogP contribution in [0.25, 0.3) is 17.0 Å². The number of rotatable bonds is 8. The Morgan fingerprint density at radius 3 is 2.33 bits per heavy atom. The lowest BCUT2D eigenvalue weighted by Crippen LogP contribution is -2.27. The highest BCUT2D eigenvalue weighted by Gasteiger charge is 2.44. The largest absolute Gasteiger partial charge is 0.493 e. The summed E-state index contributed by atoms with van der Waals surface area (Å²) in [6.07, 6.45) is 1.82. The first-order valence-electron chi connectivity index (χ1n) is 11.6. The molecule has 7 heteroatoms. The Hall–Kier alpha value is -4.25. The van der Waals surface area contributed by atoms with E-state index >= 15 is 0 Å². The number of nitrogens with one attached hydrogen (secondary N) is 1. The number of nitrogens with zero attached hydrogens (tertiary/aromatic N) is 1. The van der Waals surface area contributed by atoms with Crippen molar-refractivity contribution in [3.63, 3.8) is 0 Å². The lowest BCUT2D eigenvalue weighted by Gasteiger charge is -2.25. The molecule has 36 heavy (non-hydrogen) atoms. The molecule has 182 valence electrons. The number of methoxy groups -OCH3 is 2. The maximum atomic E-state index is 9.85. The fourth-order valence-corrected chi connectivity index (χ4v) is 4.38. The Balaban J connectivity index is 1.63. The molecule has 0 saturated carbocycles. The average Bonchev–Trinajstić information content (AvgIpc) is 3.61. The summed E-state index contributed by atoms with van der Waals surface area (Å²) >= 11 is 0. The molecule has 0 radical (unpaired) electrons. The predicted molar refractivity (Wildman–Crippen MR) is 137 cm³/mol. The Kier molecular flexibility index (Phi) is 6.63. The Morgan fingerprint density at radius 1 is 1.00 bits per heavy atom. The SMILES string of the molecule is COc1cc(/C=C(/C#N)CNc2ccccc2)c2cc(C3(c4ccccc4)OCCO3)oc2c1OC. The molecular weight excluding hydrogens is 456 g/mol. The zero-order valence-corrected chi connectivity index (χ0v) is 20.1. The van der Waals surface area contributed by atoms with Gasteiger partial charge in [0.05, 0.1) is 40.0 Å². The fraction of sp³-hybridized carbons (Fsp3) is 0.207. The van der Waals surface area contributed by atoms with Crippen LogP contribution in [0.2, 0.25) is 0 Å². The van der Waals surface area contributed by atoms with Crippen molar-refractivity contribution < 1.29 is 23.4 Å². The van der Waals surface area contributed by atoms with Gasteiger partial charge in [-0.1, -0.05) is 48.5 Å². The van der Waals surface area contributed by atoms with Crippen LogP contribution in [0.4, 0.5) is 5.69 Å². The van der Waals surface area contributed by atoms with Crippen LogP contribution < -0.4 is 14.8 Å². The summed E-state index contributed by atoms with van der Waals surface area (Å²) in [6, 6.07) is 25.5. The van der Waals surface area contributed by atoms with Gasteiger partial charge in [0.2, 0.25) is 5.75 Å². The van der Waals surface area contributed by atoms with Crippen LogP contribution in [0, 0.1) is 11.3 Å². The maximum absolute atomic E-state index is 9.85. The highest BCUT2D eigenvalue weighted by Crippen LogP contribution is 2.46. The van der Waals surface area contributed by atoms with E-state index < -0.39 is 5.79 Å². The molecule has 7 nitrogen and oxygen atoms in total. The van der Waals surface area contributed by atoms with Gasteiger partial charge in [-0.25, -0.2) is 0 Å². The van der Waals surface area contributed by atoms with E-state index in [1.54, 1.807) is 14.2 Å². The zero-order chi connectivity index (χ0) is 25.0. The second kappa shape index (κ2) is 10.2. The minimum Gasteiger partial charge on any atom is -0.493 e. The molecule has 0 bridgehead atoms. The van der Waals surface area contributed by atoms with Gasteiger partial charge in [-0.05, 0) is 35.9 Å². The van der Waals surface area contributed by atoms with Crippen molar-refractivity contribution in [2.75, 3.05) is 39.3 Å². The third kappa shape index (κ3) is 4.29. The number of nitriles is 1. The molecule has 2 heterocycles.